The van der Waals surface area contributed by atoms with E-state index in [1.54, 1.807) is 29.5 Å². The van der Waals surface area contributed by atoms with Crippen LogP contribution in [0.5, 0.6) is 11.5 Å². The third-order valence-corrected chi connectivity index (χ3v) is 4.62. The summed E-state index contributed by atoms with van der Waals surface area (Å²) in [5.41, 5.74) is 0.0667. The predicted molar refractivity (Wildman–Crippen MR) is 101 cm³/mol. The molecule has 27 heavy (non-hydrogen) atoms. The second-order valence-corrected chi connectivity index (χ2v) is 6.60. The standard InChI is InChI=1S/C21H16F2O3S/c1-25-20-12-14(8-10-19(20)26-13-15-4-3-11-27-15)7-9-18(24)21-16(22)5-2-6-17(21)23/h2-12H,13H2,1H3/b9-7+. The molecule has 0 bridgehead atoms. The molecule has 0 atom stereocenters. The minimum Gasteiger partial charge on any atom is -0.493 e. The number of carbonyl (C=O) groups is 1. The van der Waals surface area contributed by atoms with Crippen molar-refractivity contribution in [2.45, 2.75) is 6.61 Å². The summed E-state index contributed by atoms with van der Waals surface area (Å²) in [5.74, 6) is -1.46. The van der Waals surface area contributed by atoms with Crippen LogP contribution in [0.2, 0.25) is 0 Å². The van der Waals surface area contributed by atoms with E-state index in [4.69, 9.17) is 9.47 Å². The first kappa shape index (κ1) is 18.8. The Kier molecular flexibility index (Phi) is 5.98. The third kappa shape index (κ3) is 4.60. The number of methoxy groups -OCH3 is 1. The second kappa shape index (κ2) is 8.60. The first-order chi connectivity index (χ1) is 13.1. The molecule has 2 aromatic carbocycles. The summed E-state index contributed by atoms with van der Waals surface area (Å²) in [6.07, 6.45) is 2.60. The third-order valence-electron chi connectivity index (χ3n) is 3.77. The average molecular weight is 386 g/mol. The number of allylic oxidation sites excluding steroid dienone is 1. The van der Waals surface area contributed by atoms with Gasteiger partial charge in [0.2, 0.25) is 0 Å². The van der Waals surface area contributed by atoms with E-state index in [0.29, 0.717) is 23.7 Å². The number of hydrogen-bond donors (Lipinski definition) is 0. The summed E-state index contributed by atoms with van der Waals surface area (Å²) in [5, 5.41) is 1.97. The van der Waals surface area contributed by atoms with Gasteiger partial charge >= 0.3 is 0 Å². The monoisotopic (exact) mass is 386 g/mol. The van der Waals surface area contributed by atoms with Crippen molar-refractivity contribution >= 4 is 23.2 Å². The fourth-order valence-corrected chi connectivity index (χ4v) is 3.06. The SMILES string of the molecule is COc1cc(/C=C/C(=O)c2c(F)cccc2F)ccc1OCc1cccs1. The van der Waals surface area contributed by atoms with Gasteiger partial charge in [-0.1, -0.05) is 24.3 Å². The van der Waals surface area contributed by atoms with Gasteiger partial charge in [-0.15, -0.1) is 11.3 Å². The Morgan fingerprint density at radius 3 is 2.52 bits per heavy atom. The smallest absolute Gasteiger partial charge is 0.191 e. The van der Waals surface area contributed by atoms with Gasteiger partial charge in [0.1, 0.15) is 18.2 Å². The summed E-state index contributed by atoms with van der Waals surface area (Å²) in [6, 6.07) is 12.4. The van der Waals surface area contributed by atoms with Crippen molar-refractivity contribution in [1.29, 1.82) is 0 Å². The maximum absolute atomic E-state index is 13.7. The number of benzene rings is 2. The lowest BCUT2D eigenvalue weighted by Gasteiger charge is -2.10. The minimum absolute atomic E-state index is 0.425. The molecule has 0 saturated heterocycles. The molecular weight excluding hydrogens is 370 g/mol. The zero-order chi connectivity index (χ0) is 19.2. The summed E-state index contributed by atoms with van der Waals surface area (Å²) in [4.78, 5) is 13.2. The molecule has 6 heteroatoms. The summed E-state index contributed by atoms with van der Waals surface area (Å²) in [6.45, 7) is 0.425. The van der Waals surface area contributed by atoms with E-state index in [1.165, 1.54) is 19.3 Å². The number of halogens is 2. The Morgan fingerprint density at radius 1 is 1.07 bits per heavy atom. The van der Waals surface area contributed by atoms with Crippen LogP contribution in [0.1, 0.15) is 20.8 Å². The lowest BCUT2D eigenvalue weighted by molar-refractivity contribution is 0.104. The molecule has 0 spiro atoms. The highest BCUT2D eigenvalue weighted by Crippen LogP contribution is 2.30. The van der Waals surface area contributed by atoms with Crippen molar-refractivity contribution in [3.63, 3.8) is 0 Å². The molecule has 138 valence electrons. The zero-order valence-corrected chi connectivity index (χ0v) is 15.3. The molecule has 0 radical (unpaired) electrons. The molecule has 0 aliphatic carbocycles. The van der Waals surface area contributed by atoms with Crippen LogP contribution in [0.15, 0.2) is 60.0 Å². The molecule has 0 aliphatic rings. The number of thiophene rings is 1. The van der Waals surface area contributed by atoms with Gasteiger partial charge in [0.15, 0.2) is 17.3 Å². The minimum atomic E-state index is -0.889. The Hall–Kier alpha value is -2.99. The summed E-state index contributed by atoms with van der Waals surface area (Å²) in [7, 11) is 1.51. The van der Waals surface area contributed by atoms with E-state index in [9.17, 15) is 13.6 Å². The number of ether oxygens (including phenoxy) is 2. The highest BCUT2D eigenvalue weighted by atomic mass is 32.1. The van der Waals surface area contributed by atoms with Crippen LogP contribution in [-0.4, -0.2) is 12.9 Å². The van der Waals surface area contributed by atoms with Gasteiger partial charge in [0, 0.05) is 4.88 Å². The maximum Gasteiger partial charge on any atom is 0.191 e. The van der Waals surface area contributed by atoms with Gasteiger partial charge in [-0.25, -0.2) is 8.78 Å². The Balaban J connectivity index is 1.75. The largest absolute Gasteiger partial charge is 0.493 e. The molecule has 0 N–H and O–H groups in total. The van der Waals surface area contributed by atoms with E-state index >= 15 is 0 Å². The van der Waals surface area contributed by atoms with Gasteiger partial charge in [0.05, 0.1) is 12.7 Å². The fraction of sp³-hybridized carbons (Fsp3) is 0.0952. The van der Waals surface area contributed by atoms with Gasteiger partial charge in [0.25, 0.3) is 0 Å². The van der Waals surface area contributed by atoms with Crippen LogP contribution in [0, 0.1) is 11.6 Å². The fourth-order valence-electron chi connectivity index (χ4n) is 2.44. The first-order valence-corrected chi connectivity index (χ1v) is 8.96. The molecule has 1 aromatic heterocycles. The lowest BCUT2D eigenvalue weighted by atomic mass is 10.1. The van der Waals surface area contributed by atoms with Crippen LogP contribution >= 0.6 is 11.3 Å². The van der Waals surface area contributed by atoms with Gasteiger partial charge in [-0.05, 0) is 47.4 Å². The molecule has 3 rings (SSSR count). The molecule has 1 heterocycles. The first-order valence-electron chi connectivity index (χ1n) is 8.08. The van der Waals surface area contributed by atoms with E-state index < -0.39 is 23.0 Å². The number of rotatable bonds is 7. The van der Waals surface area contributed by atoms with E-state index in [-0.39, 0.29) is 0 Å². The number of hydrogen-bond acceptors (Lipinski definition) is 4. The van der Waals surface area contributed by atoms with Crippen molar-refractivity contribution in [3.05, 3.63) is 87.6 Å². The van der Waals surface area contributed by atoms with Crippen molar-refractivity contribution in [2.75, 3.05) is 7.11 Å². The van der Waals surface area contributed by atoms with Crippen LogP contribution in [-0.2, 0) is 6.61 Å². The molecule has 0 unspecified atom stereocenters. The highest BCUT2D eigenvalue weighted by molar-refractivity contribution is 7.09. The Labute approximate surface area is 159 Å². The zero-order valence-electron chi connectivity index (χ0n) is 14.4. The normalized spacial score (nSPS) is 10.9. The molecule has 3 aromatic rings. The summed E-state index contributed by atoms with van der Waals surface area (Å²) >= 11 is 1.59. The second-order valence-electron chi connectivity index (χ2n) is 5.57. The van der Waals surface area contributed by atoms with Crippen LogP contribution in [0.25, 0.3) is 6.08 Å². The number of carbonyl (C=O) groups excluding carboxylic acids is 1. The molecule has 0 fully saturated rings. The topological polar surface area (TPSA) is 35.5 Å². The van der Waals surface area contributed by atoms with Crippen molar-refractivity contribution in [2.24, 2.45) is 0 Å². The van der Waals surface area contributed by atoms with E-state index in [0.717, 1.165) is 23.1 Å². The quantitative estimate of drug-likeness (QED) is 0.397. The van der Waals surface area contributed by atoms with Crippen LogP contribution in [0.4, 0.5) is 8.78 Å². The molecular formula is C21H16F2O3S. The van der Waals surface area contributed by atoms with Gasteiger partial charge in [-0.3, -0.25) is 4.79 Å². The molecule has 0 saturated carbocycles. The number of ketones is 1. The van der Waals surface area contributed by atoms with E-state index in [1.807, 2.05) is 17.5 Å². The Bertz CT molecular complexity index is 945. The van der Waals surface area contributed by atoms with Gasteiger partial charge < -0.3 is 9.47 Å². The highest BCUT2D eigenvalue weighted by Gasteiger charge is 2.14. The Morgan fingerprint density at radius 2 is 1.85 bits per heavy atom. The molecule has 3 nitrogen and oxygen atoms in total. The van der Waals surface area contributed by atoms with Gasteiger partial charge in [-0.2, -0.15) is 0 Å². The lowest BCUT2D eigenvalue weighted by Crippen LogP contribution is -2.02. The maximum atomic E-state index is 13.7. The average Bonchev–Trinajstić information content (AvgIpc) is 3.18. The summed E-state index contributed by atoms with van der Waals surface area (Å²) < 4.78 is 38.4. The van der Waals surface area contributed by atoms with Crippen molar-refractivity contribution in [1.82, 2.24) is 0 Å². The molecule has 0 aliphatic heterocycles. The van der Waals surface area contributed by atoms with Crippen LogP contribution < -0.4 is 9.47 Å². The predicted octanol–water partition coefficient (Wildman–Crippen LogP) is 5.51. The van der Waals surface area contributed by atoms with Crippen LogP contribution in [0.3, 0.4) is 0 Å². The molecule has 0 amide bonds. The van der Waals surface area contributed by atoms with Crippen molar-refractivity contribution < 1.29 is 23.0 Å². The van der Waals surface area contributed by atoms with Crippen molar-refractivity contribution in [3.8, 4) is 11.5 Å². The van der Waals surface area contributed by atoms with E-state index in [2.05, 4.69) is 0 Å².